The number of nitrogens with one attached hydrogen (secondary N) is 2. The summed E-state index contributed by atoms with van der Waals surface area (Å²) in [6, 6.07) is 8.35. The number of amides is 1. The lowest BCUT2D eigenvalue weighted by Gasteiger charge is -2.25. The van der Waals surface area contributed by atoms with Gasteiger partial charge in [-0.1, -0.05) is 29.0 Å². The SMILES string of the molecule is Cc1ccc(-n2c(C)cc(/C=c3/c(=O)nc4s/c(=C/C(=O)N5CCOCC5)[nH]n-4c3=N)c2C)c(C)c1. The molecule has 186 valence electrons. The predicted molar refractivity (Wildman–Crippen MR) is 139 cm³/mol. The van der Waals surface area contributed by atoms with E-state index >= 15 is 0 Å². The molecule has 3 aliphatic rings. The topological polar surface area (TPSA) is 109 Å². The number of aromatic amines is 1. The highest BCUT2D eigenvalue weighted by molar-refractivity contribution is 7.11. The number of ether oxygens (including phenoxy) is 1. The van der Waals surface area contributed by atoms with E-state index in [4.69, 9.17) is 10.1 Å². The first-order valence-electron chi connectivity index (χ1n) is 11.8. The average molecular weight is 505 g/mol. The molecule has 0 saturated carbocycles. The van der Waals surface area contributed by atoms with Gasteiger partial charge in [0.15, 0.2) is 5.49 Å². The number of rotatable bonds is 3. The van der Waals surface area contributed by atoms with E-state index in [2.05, 4.69) is 46.7 Å². The number of hydrogen-bond acceptors (Lipinski definition) is 6. The van der Waals surface area contributed by atoms with Crippen LogP contribution in [0.25, 0.3) is 23.0 Å². The fourth-order valence-electron chi connectivity index (χ4n) is 4.61. The van der Waals surface area contributed by atoms with Gasteiger partial charge in [-0.3, -0.25) is 20.1 Å². The molecule has 2 N–H and O–H groups in total. The summed E-state index contributed by atoms with van der Waals surface area (Å²) in [6.07, 6.45) is 3.20. The van der Waals surface area contributed by atoms with Gasteiger partial charge in [-0.25, -0.2) is 4.68 Å². The van der Waals surface area contributed by atoms with Crippen molar-refractivity contribution in [2.75, 3.05) is 26.3 Å². The Morgan fingerprint density at radius 2 is 1.92 bits per heavy atom. The van der Waals surface area contributed by atoms with Crippen LogP contribution in [-0.4, -0.2) is 56.4 Å². The van der Waals surface area contributed by atoms with Gasteiger partial charge in [-0.15, -0.1) is 0 Å². The van der Waals surface area contributed by atoms with Crippen molar-refractivity contribution < 1.29 is 9.53 Å². The number of morpholine rings is 1. The van der Waals surface area contributed by atoms with Crippen LogP contribution in [0.15, 0.2) is 29.1 Å². The number of aryl methyl sites for hydroxylation is 3. The number of hydrogen-bond donors (Lipinski definition) is 2. The van der Waals surface area contributed by atoms with Crippen LogP contribution in [-0.2, 0) is 9.53 Å². The molecule has 1 fully saturated rings. The van der Waals surface area contributed by atoms with E-state index in [0.29, 0.717) is 36.1 Å². The van der Waals surface area contributed by atoms with E-state index in [1.165, 1.54) is 27.7 Å². The van der Waals surface area contributed by atoms with Gasteiger partial charge in [0.05, 0.1) is 18.4 Å². The normalized spacial score (nSPS) is 15.3. The second-order valence-electron chi connectivity index (χ2n) is 9.05. The monoisotopic (exact) mass is 504 g/mol. The zero-order valence-electron chi connectivity index (χ0n) is 20.7. The Bertz CT molecular complexity index is 1680. The molecule has 0 unspecified atom stereocenters. The van der Waals surface area contributed by atoms with Crippen LogP contribution in [0.3, 0.4) is 0 Å². The summed E-state index contributed by atoms with van der Waals surface area (Å²) < 4.78 is 9.43. The number of fused-ring (bicyclic) bond motifs is 1. The maximum Gasteiger partial charge on any atom is 0.283 e. The molecule has 0 aliphatic carbocycles. The molecule has 0 atom stereocenters. The van der Waals surface area contributed by atoms with Gasteiger partial charge in [0.2, 0.25) is 11.0 Å². The molecule has 0 spiro atoms. The first-order valence-corrected chi connectivity index (χ1v) is 12.6. The Labute approximate surface area is 211 Å². The number of H-pyrrole nitrogens is 1. The van der Waals surface area contributed by atoms with Crippen LogP contribution in [0.1, 0.15) is 28.1 Å². The third kappa shape index (κ3) is 4.33. The molecule has 1 aromatic heterocycles. The van der Waals surface area contributed by atoms with Crippen LogP contribution in [0.4, 0.5) is 0 Å². The van der Waals surface area contributed by atoms with Crippen molar-refractivity contribution in [3.63, 3.8) is 0 Å². The van der Waals surface area contributed by atoms with Crippen LogP contribution in [0.2, 0.25) is 0 Å². The third-order valence-electron chi connectivity index (χ3n) is 6.46. The van der Waals surface area contributed by atoms with Crippen molar-refractivity contribution in [3.05, 3.63) is 78.1 Å². The zero-order chi connectivity index (χ0) is 25.6. The molecule has 36 heavy (non-hydrogen) atoms. The Kier molecular flexibility index (Phi) is 6.23. The molecule has 5 rings (SSSR count). The summed E-state index contributed by atoms with van der Waals surface area (Å²) >= 11 is 1.17. The first kappa shape index (κ1) is 24.0. The van der Waals surface area contributed by atoms with Crippen molar-refractivity contribution in [1.29, 1.82) is 5.41 Å². The Balaban J connectivity index is 1.59. The molecule has 0 radical (unpaired) electrons. The number of benzene rings is 1. The molecule has 1 aromatic carbocycles. The van der Waals surface area contributed by atoms with Crippen LogP contribution >= 0.6 is 11.3 Å². The van der Waals surface area contributed by atoms with E-state index in [1.807, 2.05) is 19.9 Å². The Morgan fingerprint density at radius 1 is 1.17 bits per heavy atom. The predicted octanol–water partition coefficient (Wildman–Crippen LogP) is 1.03. The van der Waals surface area contributed by atoms with E-state index in [1.54, 1.807) is 11.0 Å². The highest BCUT2D eigenvalue weighted by Crippen LogP contribution is 2.24. The molecular formula is C26H28N6O3S. The largest absolute Gasteiger partial charge is 0.378 e. The minimum absolute atomic E-state index is 0.00367. The molecule has 2 aromatic rings. The maximum absolute atomic E-state index is 12.9. The van der Waals surface area contributed by atoms with Crippen LogP contribution in [0.5, 0.6) is 0 Å². The van der Waals surface area contributed by atoms with Gasteiger partial charge in [-0.2, -0.15) is 4.98 Å². The lowest BCUT2D eigenvalue weighted by Crippen LogP contribution is -2.47. The fraction of sp³-hybridized carbons (Fsp3) is 0.308. The molecular weight excluding hydrogens is 476 g/mol. The molecule has 1 amide bonds. The Morgan fingerprint density at radius 3 is 2.64 bits per heavy atom. The second kappa shape index (κ2) is 9.36. The lowest BCUT2D eigenvalue weighted by molar-refractivity contribution is -0.128. The number of nitrogens with zero attached hydrogens (tertiary/aromatic N) is 4. The standard InChI is InChI=1S/C26H28N6O3S/c1-15-5-6-21(16(2)11-15)31-17(3)12-19(18(31)4)13-20-24(27)32-26(28-25(20)34)36-22(29-32)14-23(33)30-7-9-35-10-8-30/h5-6,11-14,27,29H,7-10H2,1-4H3/b20-13+,22-14+,27-24?. The third-order valence-corrected chi connectivity index (χ3v) is 7.35. The van der Waals surface area contributed by atoms with Gasteiger partial charge in [0.1, 0.15) is 4.66 Å². The molecule has 1 saturated heterocycles. The second-order valence-corrected chi connectivity index (χ2v) is 10.1. The van der Waals surface area contributed by atoms with Crippen LogP contribution in [0, 0.1) is 33.1 Å². The molecule has 4 heterocycles. The van der Waals surface area contributed by atoms with Crippen molar-refractivity contribution in [2.45, 2.75) is 27.7 Å². The summed E-state index contributed by atoms with van der Waals surface area (Å²) in [5.41, 5.74) is 5.83. The molecule has 0 bridgehead atoms. The summed E-state index contributed by atoms with van der Waals surface area (Å²) in [4.78, 5) is 31.4. The van der Waals surface area contributed by atoms with Gasteiger partial charge in [0.25, 0.3) is 5.56 Å². The van der Waals surface area contributed by atoms with Crippen molar-refractivity contribution in [3.8, 4) is 10.8 Å². The summed E-state index contributed by atoms with van der Waals surface area (Å²) in [5.74, 6) is -0.138. The minimum atomic E-state index is -0.474. The maximum atomic E-state index is 12.9. The number of carbonyl (C=O) groups is 1. The van der Waals surface area contributed by atoms with Gasteiger partial charge in [-0.05, 0) is 57.0 Å². The van der Waals surface area contributed by atoms with Crippen molar-refractivity contribution in [1.82, 2.24) is 24.2 Å². The number of aromatic nitrogens is 4. The Hall–Kier alpha value is -3.76. The summed E-state index contributed by atoms with van der Waals surface area (Å²) in [6.45, 7) is 10.3. The van der Waals surface area contributed by atoms with Gasteiger partial charge in [0, 0.05) is 36.2 Å². The van der Waals surface area contributed by atoms with Gasteiger partial charge < -0.3 is 14.2 Å². The van der Waals surface area contributed by atoms with Crippen LogP contribution < -0.4 is 20.9 Å². The fourth-order valence-corrected chi connectivity index (χ4v) is 5.46. The van der Waals surface area contributed by atoms with E-state index in [-0.39, 0.29) is 16.6 Å². The molecule has 9 nitrogen and oxygen atoms in total. The highest BCUT2D eigenvalue weighted by atomic mass is 32.1. The zero-order valence-corrected chi connectivity index (χ0v) is 21.5. The van der Waals surface area contributed by atoms with E-state index < -0.39 is 5.56 Å². The summed E-state index contributed by atoms with van der Waals surface area (Å²) in [5, 5.41) is 12.3. The number of carbonyl (C=O) groups excluding carboxylic acids is 1. The molecule has 3 aliphatic heterocycles. The lowest BCUT2D eigenvalue weighted by atomic mass is 10.1. The smallest absolute Gasteiger partial charge is 0.283 e. The van der Waals surface area contributed by atoms with E-state index in [0.717, 1.165) is 28.2 Å². The van der Waals surface area contributed by atoms with Crippen molar-refractivity contribution in [2.24, 2.45) is 0 Å². The van der Waals surface area contributed by atoms with Crippen molar-refractivity contribution >= 4 is 29.4 Å². The molecule has 10 heteroatoms. The van der Waals surface area contributed by atoms with E-state index in [9.17, 15) is 9.59 Å². The summed E-state index contributed by atoms with van der Waals surface area (Å²) in [7, 11) is 0. The van der Waals surface area contributed by atoms with Gasteiger partial charge >= 0.3 is 0 Å². The first-order chi connectivity index (χ1) is 17.2. The average Bonchev–Trinajstić information content (AvgIpc) is 3.37. The quantitative estimate of drug-likeness (QED) is 0.434. The highest BCUT2D eigenvalue weighted by Gasteiger charge is 2.17. The minimum Gasteiger partial charge on any atom is -0.378 e.